The topological polar surface area (TPSA) is 80.8 Å². The zero-order chi connectivity index (χ0) is 17.6. The summed E-state index contributed by atoms with van der Waals surface area (Å²) in [6.45, 7) is 1.02. The molecule has 0 N–H and O–H groups in total. The molecular weight excluding hydrogens is 330 g/mol. The predicted molar refractivity (Wildman–Crippen MR) is 87.7 cm³/mol. The first-order chi connectivity index (χ1) is 11.5. The molecule has 0 fully saturated rings. The van der Waals surface area contributed by atoms with Gasteiger partial charge in [0.2, 0.25) is 0 Å². The van der Waals surface area contributed by atoms with Crippen molar-refractivity contribution in [1.82, 2.24) is 4.31 Å². The molecular formula is C17H17NO5S. The lowest BCUT2D eigenvalue weighted by atomic mass is 10.2. The van der Waals surface area contributed by atoms with Crippen molar-refractivity contribution in [1.29, 1.82) is 0 Å². The van der Waals surface area contributed by atoms with Gasteiger partial charge in [0.25, 0.3) is 15.9 Å². The fourth-order valence-corrected chi connectivity index (χ4v) is 3.39. The Kier molecular flexibility index (Phi) is 5.70. The van der Waals surface area contributed by atoms with Crippen LogP contribution in [0.2, 0.25) is 0 Å². The van der Waals surface area contributed by atoms with Crippen LogP contribution in [0.1, 0.15) is 17.3 Å². The minimum Gasteiger partial charge on any atom is -0.465 e. The second-order valence-corrected chi connectivity index (χ2v) is 6.66. The Morgan fingerprint density at radius 1 is 0.958 bits per heavy atom. The van der Waals surface area contributed by atoms with Gasteiger partial charge in [-0.3, -0.25) is 9.59 Å². The summed E-state index contributed by atoms with van der Waals surface area (Å²) in [5, 5.41) is 0. The van der Waals surface area contributed by atoms with Gasteiger partial charge in [-0.2, -0.15) is 0 Å². The summed E-state index contributed by atoms with van der Waals surface area (Å²) in [6, 6.07) is 15.4. The maximum Gasteiger partial charge on any atom is 0.326 e. The van der Waals surface area contributed by atoms with Gasteiger partial charge in [-0.15, -0.1) is 0 Å². The highest BCUT2D eigenvalue weighted by molar-refractivity contribution is 7.89. The van der Waals surface area contributed by atoms with Crippen molar-refractivity contribution >= 4 is 21.9 Å². The molecule has 0 atom stereocenters. The van der Waals surface area contributed by atoms with E-state index in [-0.39, 0.29) is 17.1 Å². The number of rotatable bonds is 6. The number of hydrogen-bond donors (Lipinski definition) is 0. The largest absolute Gasteiger partial charge is 0.465 e. The number of benzene rings is 2. The molecule has 2 aromatic carbocycles. The average Bonchev–Trinajstić information content (AvgIpc) is 2.61. The van der Waals surface area contributed by atoms with E-state index in [4.69, 9.17) is 4.74 Å². The molecule has 0 aliphatic rings. The molecule has 0 spiro atoms. The molecule has 0 heterocycles. The Morgan fingerprint density at radius 2 is 1.50 bits per heavy atom. The van der Waals surface area contributed by atoms with Crippen molar-refractivity contribution in [2.75, 3.05) is 13.2 Å². The van der Waals surface area contributed by atoms with Crippen molar-refractivity contribution < 1.29 is 22.7 Å². The van der Waals surface area contributed by atoms with Crippen LogP contribution in [-0.4, -0.2) is 37.8 Å². The highest BCUT2D eigenvalue weighted by atomic mass is 32.2. The average molecular weight is 347 g/mol. The summed E-state index contributed by atoms with van der Waals surface area (Å²) in [6.07, 6.45) is 0. The Morgan fingerprint density at radius 3 is 2.04 bits per heavy atom. The van der Waals surface area contributed by atoms with E-state index < -0.39 is 28.4 Å². The van der Waals surface area contributed by atoms with Crippen LogP contribution in [0.3, 0.4) is 0 Å². The molecule has 0 unspecified atom stereocenters. The maximum absolute atomic E-state index is 12.8. The van der Waals surface area contributed by atoms with Gasteiger partial charge in [-0.05, 0) is 31.2 Å². The lowest BCUT2D eigenvalue weighted by molar-refractivity contribution is -0.142. The van der Waals surface area contributed by atoms with Crippen LogP contribution in [0.4, 0.5) is 0 Å². The highest BCUT2D eigenvalue weighted by Gasteiger charge is 2.32. The Labute approximate surface area is 140 Å². The standard InChI is InChI=1S/C17H17NO5S/c1-2-23-16(19)13-18(17(20)14-9-5-3-6-10-14)24(21,22)15-11-7-4-8-12-15/h3-12H,2,13H2,1H3. The lowest BCUT2D eigenvalue weighted by Gasteiger charge is -2.21. The van der Waals surface area contributed by atoms with Gasteiger partial charge >= 0.3 is 5.97 Å². The minimum atomic E-state index is -4.18. The molecule has 0 aliphatic heterocycles. The number of carbonyl (C=O) groups is 2. The van der Waals surface area contributed by atoms with Gasteiger partial charge < -0.3 is 4.74 Å². The molecule has 0 aliphatic carbocycles. The van der Waals surface area contributed by atoms with Crippen LogP contribution in [0.5, 0.6) is 0 Å². The van der Waals surface area contributed by atoms with Crippen molar-refractivity contribution in [3.63, 3.8) is 0 Å². The third-order valence-electron chi connectivity index (χ3n) is 3.16. The van der Waals surface area contributed by atoms with E-state index in [1.807, 2.05) is 0 Å². The molecule has 0 saturated carbocycles. The van der Waals surface area contributed by atoms with E-state index in [0.29, 0.717) is 4.31 Å². The summed E-state index contributed by atoms with van der Waals surface area (Å²) >= 11 is 0. The number of sulfonamides is 1. The van der Waals surface area contributed by atoms with Crippen molar-refractivity contribution in [2.24, 2.45) is 0 Å². The molecule has 24 heavy (non-hydrogen) atoms. The Bertz CT molecular complexity index is 803. The second kappa shape index (κ2) is 7.74. The summed E-state index contributed by atoms with van der Waals surface area (Å²) in [5.74, 6) is -1.58. The number of hydrogen-bond acceptors (Lipinski definition) is 5. The normalized spacial score (nSPS) is 10.9. The van der Waals surface area contributed by atoms with Crippen LogP contribution >= 0.6 is 0 Å². The third kappa shape index (κ3) is 3.99. The monoisotopic (exact) mass is 347 g/mol. The second-order valence-electron chi connectivity index (χ2n) is 4.80. The molecule has 7 heteroatoms. The number of carbonyl (C=O) groups excluding carboxylic acids is 2. The maximum atomic E-state index is 12.8. The van der Waals surface area contributed by atoms with Crippen molar-refractivity contribution in [3.8, 4) is 0 Å². The number of esters is 1. The molecule has 2 aromatic rings. The summed E-state index contributed by atoms with van der Waals surface area (Å²) in [5.41, 5.74) is 0.168. The molecule has 1 amide bonds. The van der Waals surface area contributed by atoms with Gasteiger partial charge in [0, 0.05) is 5.56 Å². The number of amides is 1. The molecule has 0 saturated heterocycles. The Hall–Kier alpha value is -2.67. The third-order valence-corrected chi connectivity index (χ3v) is 4.90. The van der Waals surface area contributed by atoms with Crippen LogP contribution in [0, 0.1) is 0 Å². The fourth-order valence-electron chi connectivity index (χ4n) is 2.03. The SMILES string of the molecule is CCOC(=O)CN(C(=O)c1ccccc1)S(=O)(=O)c1ccccc1. The van der Waals surface area contributed by atoms with Gasteiger partial charge in [-0.1, -0.05) is 36.4 Å². The summed E-state index contributed by atoms with van der Waals surface area (Å²) in [4.78, 5) is 24.4. The fraction of sp³-hybridized carbons (Fsp3) is 0.176. The Balaban J connectivity index is 2.43. The van der Waals surface area contributed by atoms with Crippen LogP contribution < -0.4 is 0 Å². The van der Waals surface area contributed by atoms with Crippen molar-refractivity contribution in [2.45, 2.75) is 11.8 Å². The predicted octanol–water partition coefficient (Wildman–Crippen LogP) is 2.08. The molecule has 0 aromatic heterocycles. The van der Waals surface area contributed by atoms with E-state index >= 15 is 0 Å². The molecule has 6 nitrogen and oxygen atoms in total. The van der Waals surface area contributed by atoms with Crippen molar-refractivity contribution in [3.05, 3.63) is 66.2 Å². The minimum absolute atomic E-state index is 0.0708. The van der Waals surface area contributed by atoms with Gasteiger partial charge in [0.05, 0.1) is 11.5 Å². The zero-order valence-corrected chi connectivity index (χ0v) is 13.9. The molecule has 2 rings (SSSR count). The molecule has 0 radical (unpaired) electrons. The van der Waals surface area contributed by atoms with E-state index in [9.17, 15) is 18.0 Å². The van der Waals surface area contributed by atoms with Crippen LogP contribution in [0.25, 0.3) is 0 Å². The first kappa shape index (κ1) is 17.7. The van der Waals surface area contributed by atoms with Gasteiger partial charge in [0.1, 0.15) is 6.54 Å². The zero-order valence-electron chi connectivity index (χ0n) is 13.1. The smallest absolute Gasteiger partial charge is 0.326 e. The van der Waals surface area contributed by atoms with Gasteiger partial charge in [-0.25, -0.2) is 12.7 Å². The van der Waals surface area contributed by atoms with Crippen LogP contribution in [-0.2, 0) is 19.6 Å². The first-order valence-corrected chi connectivity index (χ1v) is 8.73. The number of ether oxygens (including phenoxy) is 1. The quantitative estimate of drug-likeness (QED) is 0.748. The van der Waals surface area contributed by atoms with Gasteiger partial charge in [0.15, 0.2) is 0 Å². The molecule has 0 bridgehead atoms. The lowest BCUT2D eigenvalue weighted by Crippen LogP contribution is -2.41. The van der Waals surface area contributed by atoms with E-state index in [2.05, 4.69) is 0 Å². The van der Waals surface area contributed by atoms with Crippen LogP contribution in [0.15, 0.2) is 65.6 Å². The summed E-state index contributed by atoms with van der Waals surface area (Å²) < 4.78 is 30.9. The molecule has 126 valence electrons. The van der Waals surface area contributed by atoms with E-state index in [1.165, 1.54) is 24.3 Å². The van der Waals surface area contributed by atoms with E-state index in [0.717, 1.165) is 0 Å². The summed E-state index contributed by atoms with van der Waals surface area (Å²) in [7, 11) is -4.18. The number of nitrogens with zero attached hydrogens (tertiary/aromatic N) is 1. The van der Waals surface area contributed by atoms with E-state index in [1.54, 1.807) is 43.3 Å². The first-order valence-electron chi connectivity index (χ1n) is 7.29. The highest BCUT2D eigenvalue weighted by Crippen LogP contribution is 2.18.